The molecule has 3 aromatic rings. The second-order valence-corrected chi connectivity index (χ2v) is 4.22. The fourth-order valence-electron chi connectivity index (χ4n) is 1.87. The number of rotatable bonds is 3. The topological polar surface area (TPSA) is 55.0 Å². The van der Waals surface area contributed by atoms with E-state index in [2.05, 4.69) is 9.97 Å². The summed E-state index contributed by atoms with van der Waals surface area (Å²) in [6.07, 6.45) is 2.95. The van der Waals surface area contributed by atoms with E-state index in [9.17, 15) is 4.79 Å². The van der Waals surface area contributed by atoms with E-state index in [0.717, 1.165) is 11.1 Å². The lowest BCUT2D eigenvalue weighted by atomic mass is 10.1. The number of benzene rings is 2. The Bertz CT molecular complexity index is 749. The Morgan fingerprint density at radius 1 is 0.900 bits per heavy atom. The molecule has 0 atom stereocenters. The molecule has 0 saturated carbocycles. The van der Waals surface area contributed by atoms with Gasteiger partial charge in [-0.15, -0.1) is 0 Å². The average Bonchev–Trinajstić information content (AvgIpc) is 2.51. The summed E-state index contributed by atoms with van der Waals surface area (Å²) in [5.41, 5.74) is 1.88. The third kappa shape index (κ3) is 2.59. The van der Waals surface area contributed by atoms with Gasteiger partial charge in [-0.1, -0.05) is 42.5 Å². The number of aromatic nitrogens is 2. The minimum atomic E-state index is -0.348. The molecule has 0 amide bonds. The highest BCUT2D eigenvalue weighted by Crippen LogP contribution is 2.23. The largest absolute Gasteiger partial charge is 0.435 e. The highest BCUT2D eigenvalue weighted by molar-refractivity contribution is 5.63. The zero-order valence-corrected chi connectivity index (χ0v) is 10.6. The molecule has 0 radical (unpaired) electrons. The van der Waals surface area contributed by atoms with Gasteiger partial charge in [-0.2, -0.15) is 0 Å². The fraction of sp³-hybridized carbons (Fsp3) is 0. The zero-order chi connectivity index (χ0) is 13.8. The van der Waals surface area contributed by atoms with Crippen LogP contribution in [0.1, 0.15) is 0 Å². The van der Waals surface area contributed by atoms with Gasteiger partial charge in [-0.25, -0.2) is 4.98 Å². The first-order valence-corrected chi connectivity index (χ1v) is 6.20. The van der Waals surface area contributed by atoms with Crippen LogP contribution in [0, 0.1) is 0 Å². The van der Waals surface area contributed by atoms with Crippen molar-refractivity contribution in [3.8, 4) is 22.8 Å². The zero-order valence-electron chi connectivity index (χ0n) is 10.6. The van der Waals surface area contributed by atoms with Gasteiger partial charge in [0.25, 0.3) is 5.88 Å². The van der Waals surface area contributed by atoms with Crippen molar-refractivity contribution in [2.24, 2.45) is 0 Å². The number of hydrogen-bond donors (Lipinski definition) is 1. The third-order valence-corrected chi connectivity index (χ3v) is 2.85. The highest BCUT2D eigenvalue weighted by atomic mass is 16.5. The summed E-state index contributed by atoms with van der Waals surface area (Å²) in [5.74, 6) is 0.619. The maximum Gasteiger partial charge on any atom is 0.311 e. The van der Waals surface area contributed by atoms with E-state index in [1.807, 2.05) is 54.6 Å². The SMILES string of the molecule is O=c1[nH]ccnc1Oc1ccc(-c2ccccc2)cc1. The van der Waals surface area contributed by atoms with Crippen LogP contribution in [0.25, 0.3) is 11.1 Å². The second kappa shape index (κ2) is 5.40. The van der Waals surface area contributed by atoms with Crippen molar-refractivity contribution < 1.29 is 4.74 Å². The van der Waals surface area contributed by atoms with Crippen molar-refractivity contribution >= 4 is 0 Å². The molecule has 98 valence electrons. The van der Waals surface area contributed by atoms with Crippen LogP contribution in [0.15, 0.2) is 71.8 Å². The summed E-state index contributed by atoms with van der Waals surface area (Å²) in [5, 5.41) is 0. The summed E-state index contributed by atoms with van der Waals surface area (Å²) in [4.78, 5) is 17.9. The first-order valence-electron chi connectivity index (χ1n) is 6.20. The van der Waals surface area contributed by atoms with E-state index in [1.54, 1.807) is 0 Å². The summed E-state index contributed by atoms with van der Waals surface area (Å²) in [7, 11) is 0. The van der Waals surface area contributed by atoms with Crippen molar-refractivity contribution in [3.63, 3.8) is 0 Å². The smallest absolute Gasteiger partial charge is 0.311 e. The number of aromatic amines is 1. The Kier molecular flexibility index (Phi) is 3.29. The van der Waals surface area contributed by atoms with Gasteiger partial charge in [0.05, 0.1) is 0 Å². The molecule has 2 aromatic carbocycles. The summed E-state index contributed by atoms with van der Waals surface area (Å²) in [6, 6.07) is 17.6. The molecular formula is C16H12N2O2. The summed E-state index contributed by atoms with van der Waals surface area (Å²) >= 11 is 0. The van der Waals surface area contributed by atoms with E-state index >= 15 is 0 Å². The standard InChI is InChI=1S/C16H12N2O2/c19-15-16(18-11-10-17-15)20-14-8-6-13(7-9-14)12-4-2-1-3-5-12/h1-11H,(H,17,19). The van der Waals surface area contributed by atoms with Crippen molar-refractivity contribution in [1.29, 1.82) is 0 Å². The van der Waals surface area contributed by atoms with Gasteiger partial charge in [-0.05, 0) is 23.3 Å². The van der Waals surface area contributed by atoms with Gasteiger partial charge >= 0.3 is 5.56 Å². The molecule has 0 saturated heterocycles. The Balaban J connectivity index is 1.84. The molecule has 0 fully saturated rings. The van der Waals surface area contributed by atoms with Crippen molar-refractivity contribution in [1.82, 2.24) is 9.97 Å². The quantitative estimate of drug-likeness (QED) is 0.790. The monoisotopic (exact) mass is 264 g/mol. The Hall–Kier alpha value is -2.88. The molecule has 4 nitrogen and oxygen atoms in total. The molecule has 4 heteroatoms. The Morgan fingerprint density at radius 2 is 1.60 bits per heavy atom. The lowest BCUT2D eigenvalue weighted by Gasteiger charge is -2.05. The maximum atomic E-state index is 11.5. The number of H-pyrrole nitrogens is 1. The molecule has 0 bridgehead atoms. The molecule has 3 rings (SSSR count). The summed E-state index contributed by atoms with van der Waals surface area (Å²) in [6.45, 7) is 0. The Labute approximate surface area is 115 Å². The van der Waals surface area contributed by atoms with Crippen LogP contribution < -0.4 is 10.3 Å². The van der Waals surface area contributed by atoms with Crippen molar-refractivity contribution in [3.05, 3.63) is 77.3 Å². The lowest BCUT2D eigenvalue weighted by Crippen LogP contribution is -2.09. The van der Waals surface area contributed by atoms with E-state index in [-0.39, 0.29) is 11.4 Å². The van der Waals surface area contributed by atoms with Crippen LogP contribution in [0.4, 0.5) is 0 Å². The molecule has 0 aliphatic carbocycles. The predicted octanol–water partition coefficient (Wildman–Crippen LogP) is 3.23. The number of hydrogen-bond acceptors (Lipinski definition) is 3. The normalized spacial score (nSPS) is 10.2. The van der Waals surface area contributed by atoms with Crippen LogP contribution in [-0.4, -0.2) is 9.97 Å². The molecule has 0 unspecified atom stereocenters. The first kappa shape index (κ1) is 12.2. The van der Waals surface area contributed by atoms with Crippen LogP contribution in [-0.2, 0) is 0 Å². The van der Waals surface area contributed by atoms with Gasteiger partial charge in [-0.3, -0.25) is 4.79 Å². The predicted molar refractivity (Wildman–Crippen MR) is 76.8 cm³/mol. The fourth-order valence-corrected chi connectivity index (χ4v) is 1.87. The minimum absolute atomic E-state index is 0.0416. The van der Waals surface area contributed by atoms with Crippen LogP contribution >= 0.6 is 0 Å². The molecule has 1 heterocycles. The van der Waals surface area contributed by atoms with Crippen molar-refractivity contribution in [2.75, 3.05) is 0 Å². The number of nitrogens with zero attached hydrogens (tertiary/aromatic N) is 1. The Morgan fingerprint density at radius 3 is 2.30 bits per heavy atom. The minimum Gasteiger partial charge on any atom is -0.435 e. The molecule has 0 spiro atoms. The molecule has 1 N–H and O–H groups in total. The third-order valence-electron chi connectivity index (χ3n) is 2.85. The lowest BCUT2D eigenvalue weighted by molar-refractivity contribution is 0.454. The van der Waals surface area contributed by atoms with Gasteiger partial charge in [0.15, 0.2) is 0 Å². The van der Waals surface area contributed by atoms with Gasteiger partial charge in [0.1, 0.15) is 5.75 Å². The van der Waals surface area contributed by atoms with E-state index in [0.29, 0.717) is 5.75 Å². The van der Waals surface area contributed by atoms with Crippen LogP contribution in [0.5, 0.6) is 11.6 Å². The van der Waals surface area contributed by atoms with Crippen molar-refractivity contribution in [2.45, 2.75) is 0 Å². The maximum absolute atomic E-state index is 11.5. The van der Waals surface area contributed by atoms with Crippen LogP contribution in [0.3, 0.4) is 0 Å². The highest BCUT2D eigenvalue weighted by Gasteiger charge is 2.03. The number of ether oxygens (including phenoxy) is 1. The molecule has 0 aliphatic heterocycles. The van der Waals surface area contributed by atoms with Gasteiger partial charge in [0.2, 0.25) is 0 Å². The van der Waals surface area contributed by atoms with Gasteiger partial charge < -0.3 is 9.72 Å². The van der Waals surface area contributed by atoms with E-state index in [4.69, 9.17) is 4.74 Å². The molecular weight excluding hydrogens is 252 g/mol. The molecule has 20 heavy (non-hydrogen) atoms. The molecule has 0 aliphatic rings. The first-order chi connectivity index (χ1) is 9.83. The molecule has 1 aromatic heterocycles. The van der Waals surface area contributed by atoms with E-state index in [1.165, 1.54) is 12.4 Å². The average molecular weight is 264 g/mol. The van der Waals surface area contributed by atoms with Crippen LogP contribution in [0.2, 0.25) is 0 Å². The number of nitrogens with one attached hydrogen (secondary N) is 1. The second-order valence-electron chi connectivity index (χ2n) is 4.22. The summed E-state index contributed by atoms with van der Waals surface area (Å²) < 4.78 is 5.45. The van der Waals surface area contributed by atoms with Gasteiger partial charge in [0, 0.05) is 12.4 Å². The van der Waals surface area contributed by atoms with E-state index < -0.39 is 0 Å².